The average Bonchev–Trinajstić information content (AvgIpc) is 2.33. The zero-order valence-corrected chi connectivity index (χ0v) is 10.2. The van der Waals surface area contributed by atoms with Crippen LogP contribution in [0.5, 0.6) is 0 Å². The number of nitrogens with zero attached hydrogens (tertiary/aromatic N) is 1. The molecule has 6 heteroatoms. The number of nitrogens with one attached hydrogen (secondary N) is 1. The first-order chi connectivity index (χ1) is 8.57. The van der Waals surface area contributed by atoms with Crippen molar-refractivity contribution in [2.45, 2.75) is 12.8 Å². The molecule has 5 nitrogen and oxygen atoms in total. The van der Waals surface area contributed by atoms with Crippen molar-refractivity contribution in [1.82, 2.24) is 5.32 Å². The Bertz CT molecular complexity index is 509. The molecule has 1 aromatic rings. The van der Waals surface area contributed by atoms with Gasteiger partial charge in [0.1, 0.15) is 10.6 Å². The van der Waals surface area contributed by atoms with E-state index in [0.29, 0.717) is 19.4 Å². The van der Waals surface area contributed by atoms with E-state index in [9.17, 15) is 14.9 Å². The van der Waals surface area contributed by atoms with Gasteiger partial charge >= 0.3 is 5.69 Å². The number of para-hydroxylation sites is 1. The van der Waals surface area contributed by atoms with Crippen LogP contribution in [0.15, 0.2) is 18.2 Å². The summed E-state index contributed by atoms with van der Waals surface area (Å²) in [5.41, 5.74) is -0.429. The Labute approximate surface area is 109 Å². The van der Waals surface area contributed by atoms with Gasteiger partial charge in [-0.05, 0) is 18.6 Å². The summed E-state index contributed by atoms with van der Waals surface area (Å²) in [7, 11) is 0. The Morgan fingerprint density at radius 1 is 1.56 bits per heavy atom. The van der Waals surface area contributed by atoms with Crippen LogP contribution in [0.3, 0.4) is 0 Å². The highest BCUT2D eigenvalue weighted by Crippen LogP contribution is 2.27. The second-order valence-corrected chi connectivity index (χ2v) is 3.86. The highest BCUT2D eigenvalue weighted by molar-refractivity contribution is 6.33. The maximum absolute atomic E-state index is 11.8. The number of hydrogen-bond acceptors (Lipinski definition) is 3. The molecule has 0 spiro atoms. The molecule has 1 amide bonds. The Morgan fingerprint density at radius 3 is 2.89 bits per heavy atom. The van der Waals surface area contributed by atoms with Crippen molar-refractivity contribution in [3.63, 3.8) is 0 Å². The Hall–Kier alpha value is -2.06. The molecular weight excluding hydrogens is 256 g/mol. The minimum absolute atomic E-state index is 0.0480. The zero-order valence-electron chi connectivity index (χ0n) is 9.48. The van der Waals surface area contributed by atoms with Crippen molar-refractivity contribution in [2.75, 3.05) is 6.54 Å². The maximum atomic E-state index is 11.8. The first-order valence-electron chi connectivity index (χ1n) is 5.22. The van der Waals surface area contributed by atoms with Crippen LogP contribution in [0.4, 0.5) is 5.69 Å². The summed E-state index contributed by atoms with van der Waals surface area (Å²) in [6, 6.07) is 4.22. The van der Waals surface area contributed by atoms with Gasteiger partial charge < -0.3 is 5.32 Å². The van der Waals surface area contributed by atoms with Gasteiger partial charge in [-0.25, -0.2) is 0 Å². The summed E-state index contributed by atoms with van der Waals surface area (Å²) in [4.78, 5) is 21.9. The lowest BCUT2D eigenvalue weighted by Gasteiger charge is -2.05. The molecule has 0 bridgehead atoms. The molecule has 18 heavy (non-hydrogen) atoms. The fraction of sp³-hybridized carbons (Fsp3) is 0.250. The third-order valence-corrected chi connectivity index (χ3v) is 2.50. The number of halogens is 1. The molecule has 1 rings (SSSR count). The summed E-state index contributed by atoms with van der Waals surface area (Å²) in [6.07, 6.45) is 6.23. The molecule has 1 N–H and O–H groups in total. The number of rotatable bonds is 5. The lowest BCUT2D eigenvalue weighted by atomic mass is 10.1. The van der Waals surface area contributed by atoms with Crippen LogP contribution in [0.2, 0.25) is 5.02 Å². The molecule has 1 aromatic carbocycles. The molecule has 0 heterocycles. The molecular formula is C12H11ClN2O3. The van der Waals surface area contributed by atoms with E-state index in [1.165, 1.54) is 18.2 Å². The van der Waals surface area contributed by atoms with Crippen molar-refractivity contribution in [3.05, 3.63) is 38.9 Å². The maximum Gasteiger partial charge on any atom is 0.300 e. The molecule has 0 fully saturated rings. The van der Waals surface area contributed by atoms with Gasteiger partial charge in [0.05, 0.1) is 4.92 Å². The second-order valence-electron chi connectivity index (χ2n) is 3.46. The topological polar surface area (TPSA) is 72.2 Å². The highest BCUT2D eigenvalue weighted by Gasteiger charge is 2.22. The van der Waals surface area contributed by atoms with Gasteiger partial charge in [0.25, 0.3) is 5.91 Å². The van der Waals surface area contributed by atoms with Crippen molar-refractivity contribution in [2.24, 2.45) is 0 Å². The Kier molecular flexibility index (Phi) is 5.15. The summed E-state index contributed by atoms with van der Waals surface area (Å²) < 4.78 is 0. The van der Waals surface area contributed by atoms with E-state index in [-0.39, 0.29) is 16.3 Å². The van der Waals surface area contributed by atoms with Gasteiger partial charge in [-0.3, -0.25) is 14.9 Å². The van der Waals surface area contributed by atoms with Gasteiger partial charge in [-0.15, -0.1) is 12.3 Å². The number of nitro groups is 1. The number of hydrogen-bond donors (Lipinski definition) is 1. The number of amides is 1. The predicted octanol–water partition coefficient (Wildman–Crippen LogP) is 2.39. The standard InChI is InChI=1S/C12H11ClN2O3/c1-2-3-4-8-14-12(16)9-6-5-7-10(13)11(9)15(17)18/h1,5-7H,3-4,8H2,(H,14,16). The van der Waals surface area contributed by atoms with E-state index < -0.39 is 10.8 Å². The van der Waals surface area contributed by atoms with E-state index in [2.05, 4.69) is 11.2 Å². The molecule has 0 aromatic heterocycles. The monoisotopic (exact) mass is 266 g/mol. The van der Waals surface area contributed by atoms with Crippen LogP contribution in [-0.2, 0) is 0 Å². The van der Waals surface area contributed by atoms with Gasteiger partial charge in [0.15, 0.2) is 0 Å². The third-order valence-electron chi connectivity index (χ3n) is 2.20. The summed E-state index contributed by atoms with van der Waals surface area (Å²) in [6.45, 7) is 0.368. The summed E-state index contributed by atoms with van der Waals surface area (Å²) in [5, 5.41) is 13.3. The lowest BCUT2D eigenvalue weighted by molar-refractivity contribution is -0.385. The normalized spacial score (nSPS) is 9.56. The van der Waals surface area contributed by atoms with Crippen LogP contribution in [0.1, 0.15) is 23.2 Å². The van der Waals surface area contributed by atoms with Gasteiger partial charge in [0, 0.05) is 13.0 Å². The SMILES string of the molecule is C#CCCCNC(=O)c1cccc(Cl)c1[N+](=O)[O-]. The van der Waals surface area contributed by atoms with Crippen LogP contribution in [0, 0.1) is 22.5 Å². The van der Waals surface area contributed by atoms with Gasteiger partial charge in [-0.2, -0.15) is 0 Å². The van der Waals surface area contributed by atoms with Crippen LogP contribution in [-0.4, -0.2) is 17.4 Å². The van der Waals surface area contributed by atoms with Crippen LogP contribution >= 0.6 is 11.6 Å². The van der Waals surface area contributed by atoms with Crippen molar-refractivity contribution in [3.8, 4) is 12.3 Å². The first kappa shape index (κ1) is 14.0. The van der Waals surface area contributed by atoms with E-state index in [1.54, 1.807) is 0 Å². The van der Waals surface area contributed by atoms with Gasteiger partial charge in [0.2, 0.25) is 0 Å². The summed E-state index contributed by atoms with van der Waals surface area (Å²) >= 11 is 5.70. The second kappa shape index (κ2) is 6.62. The Balaban J connectivity index is 2.83. The number of carbonyl (C=O) groups is 1. The van der Waals surface area contributed by atoms with E-state index >= 15 is 0 Å². The molecule has 0 saturated heterocycles. The molecule has 0 aliphatic carbocycles. The minimum atomic E-state index is -0.668. The molecule has 0 unspecified atom stereocenters. The molecule has 0 radical (unpaired) electrons. The van der Waals surface area contributed by atoms with Crippen molar-refractivity contribution < 1.29 is 9.72 Å². The fourth-order valence-electron chi connectivity index (χ4n) is 1.37. The molecule has 0 atom stereocenters. The largest absolute Gasteiger partial charge is 0.352 e. The smallest absolute Gasteiger partial charge is 0.300 e. The predicted molar refractivity (Wildman–Crippen MR) is 68.5 cm³/mol. The van der Waals surface area contributed by atoms with E-state index in [1.807, 2.05) is 0 Å². The zero-order chi connectivity index (χ0) is 13.5. The van der Waals surface area contributed by atoms with Gasteiger partial charge in [-0.1, -0.05) is 17.7 Å². The summed E-state index contributed by atoms with van der Waals surface area (Å²) in [5.74, 6) is 1.91. The van der Waals surface area contributed by atoms with E-state index in [0.717, 1.165) is 0 Å². The lowest BCUT2D eigenvalue weighted by Crippen LogP contribution is -2.25. The number of unbranched alkanes of at least 4 members (excludes halogenated alkanes) is 1. The van der Waals surface area contributed by atoms with Crippen LogP contribution < -0.4 is 5.32 Å². The third kappa shape index (κ3) is 3.47. The van der Waals surface area contributed by atoms with Crippen molar-refractivity contribution in [1.29, 1.82) is 0 Å². The van der Waals surface area contributed by atoms with Crippen molar-refractivity contribution >= 4 is 23.2 Å². The Morgan fingerprint density at radius 2 is 2.28 bits per heavy atom. The minimum Gasteiger partial charge on any atom is -0.352 e. The fourth-order valence-corrected chi connectivity index (χ4v) is 1.62. The highest BCUT2D eigenvalue weighted by atomic mass is 35.5. The average molecular weight is 267 g/mol. The molecule has 94 valence electrons. The molecule has 0 aliphatic heterocycles. The number of terminal acetylenes is 1. The number of carbonyl (C=O) groups excluding carboxylic acids is 1. The molecule has 0 saturated carbocycles. The first-order valence-corrected chi connectivity index (χ1v) is 5.60. The quantitative estimate of drug-likeness (QED) is 0.385. The van der Waals surface area contributed by atoms with E-state index in [4.69, 9.17) is 18.0 Å². The number of benzene rings is 1. The number of nitro benzene ring substituents is 1. The molecule has 0 aliphatic rings. The van der Waals surface area contributed by atoms with Crippen LogP contribution in [0.25, 0.3) is 0 Å².